The number of phosphoric acid groups is 2. The molecule has 0 aromatic rings. The standard InChI is InChI=1S/Mg.2H3O4P.Zr/c;2*1-5(2,3)4;/h;2*(H3,1,2,3,4);/q+2;;;+4/p-6. The minimum Gasteiger partial charge on any atom is -0.822 e. The second-order valence-corrected chi connectivity index (χ2v) is 2.68. The van der Waals surface area contributed by atoms with E-state index in [9.17, 15) is 0 Å². The zero-order valence-electron chi connectivity index (χ0n) is 5.37. The van der Waals surface area contributed by atoms with E-state index in [4.69, 9.17) is 38.5 Å². The van der Waals surface area contributed by atoms with Gasteiger partial charge in [-0.3, -0.25) is 0 Å². The molecule has 0 aliphatic heterocycles. The van der Waals surface area contributed by atoms with Gasteiger partial charge in [0.05, 0.1) is 0 Å². The second kappa shape index (κ2) is 9.43. The molecule has 0 N–H and O–H groups in total. The van der Waals surface area contributed by atoms with Crippen molar-refractivity contribution in [3.05, 3.63) is 0 Å². The minimum absolute atomic E-state index is 0. The van der Waals surface area contributed by atoms with Crippen LogP contribution in [0, 0.1) is 0 Å². The Hall–Kier alpha value is 1.87. The summed E-state index contributed by atoms with van der Waals surface area (Å²) in [6.07, 6.45) is 0. The van der Waals surface area contributed by atoms with Crippen LogP contribution in [0.15, 0.2) is 0 Å². The molecule has 0 radical (unpaired) electrons. The Labute approximate surface area is 103 Å². The van der Waals surface area contributed by atoms with Crippen LogP contribution in [0.5, 0.6) is 0 Å². The number of hydrogen-bond acceptors (Lipinski definition) is 8. The molecule has 0 saturated heterocycles. The van der Waals surface area contributed by atoms with Crippen LogP contribution in [0.25, 0.3) is 0 Å². The quantitative estimate of drug-likeness (QED) is 0.314. The molecule has 12 heteroatoms. The van der Waals surface area contributed by atoms with Crippen LogP contribution in [0.3, 0.4) is 0 Å². The Balaban J connectivity index is -0.0000000457. The maximum absolute atomic E-state index is 8.55. The van der Waals surface area contributed by atoms with Crippen molar-refractivity contribution in [3.8, 4) is 0 Å². The maximum Gasteiger partial charge on any atom is 4.00 e. The fourth-order valence-corrected chi connectivity index (χ4v) is 0. The predicted octanol–water partition coefficient (Wildman–Crippen LogP) is -6.03. The van der Waals surface area contributed by atoms with Crippen LogP contribution in [-0.4, -0.2) is 23.1 Å². The van der Waals surface area contributed by atoms with Gasteiger partial charge in [0.1, 0.15) is 0 Å². The van der Waals surface area contributed by atoms with Crippen LogP contribution in [0.4, 0.5) is 0 Å². The van der Waals surface area contributed by atoms with Crippen molar-refractivity contribution in [2.75, 3.05) is 0 Å². The summed E-state index contributed by atoms with van der Waals surface area (Å²) >= 11 is 0. The summed E-state index contributed by atoms with van der Waals surface area (Å²) in [5.74, 6) is 0. The molecule has 0 bridgehead atoms. The van der Waals surface area contributed by atoms with Crippen molar-refractivity contribution in [1.82, 2.24) is 0 Å². The first-order valence-electron chi connectivity index (χ1n) is 1.46. The molecule has 12 heavy (non-hydrogen) atoms. The van der Waals surface area contributed by atoms with Crippen molar-refractivity contribution < 1.29 is 64.7 Å². The summed E-state index contributed by atoms with van der Waals surface area (Å²) in [5.41, 5.74) is 0. The van der Waals surface area contributed by atoms with E-state index in [-0.39, 0.29) is 49.3 Å². The third kappa shape index (κ3) is 401. The van der Waals surface area contributed by atoms with E-state index in [0.717, 1.165) is 0 Å². The van der Waals surface area contributed by atoms with Gasteiger partial charge in [-0.1, -0.05) is 0 Å². The smallest absolute Gasteiger partial charge is 0.822 e. The first kappa shape index (κ1) is 23.6. The minimum atomic E-state index is -5.39. The Morgan fingerprint density at radius 2 is 0.667 bits per heavy atom. The summed E-state index contributed by atoms with van der Waals surface area (Å²) in [7, 11) is -10.8. The van der Waals surface area contributed by atoms with E-state index >= 15 is 0 Å². The molecule has 0 spiro atoms. The van der Waals surface area contributed by atoms with Crippen LogP contribution in [0.2, 0.25) is 0 Å². The first-order valence-corrected chi connectivity index (χ1v) is 4.38. The largest absolute Gasteiger partial charge is 4.00 e. The zero-order chi connectivity index (χ0) is 9.00. The van der Waals surface area contributed by atoms with Crippen molar-refractivity contribution in [2.24, 2.45) is 0 Å². The topological polar surface area (TPSA) is 172 Å². The van der Waals surface area contributed by atoms with E-state index in [1.54, 1.807) is 0 Å². The predicted molar refractivity (Wildman–Crippen MR) is 21.0 cm³/mol. The van der Waals surface area contributed by atoms with E-state index in [1.807, 2.05) is 0 Å². The molecule has 0 saturated carbocycles. The van der Waals surface area contributed by atoms with Crippen LogP contribution >= 0.6 is 15.6 Å². The fraction of sp³-hybridized carbons (Fsp3) is 0. The van der Waals surface area contributed by atoms with E-state index in [2.05, 4.69) is 0 Å². The second-order valence-electron chi connectivity index (χ2n) is 0.894. The Kier molecular flexibility index (Phi) is 18.5. The molecule has 8 nitrogen and oxygen atoms in total. The molecule has 0 aliphatic rings. The summed E-state index contributed by atoms with van der Waals surface area (Å²) in [5, 5.41) is 0. The molecule has 0 aromatic carbocycles. The monoisotopic (exact) mass is 304 g/mol. The summed E-state index contributed by atoms with van der Waals surface area (Å²) in [4.78, 5) is 51.3. The third-order valence-corrected chi connectivity index (χ3v) is 0. The average molecular weight is 305 g/mol. The van der Waals surface area contributed by atoms with E-state index in [0.29, 0.717) is 0 Å². The molecular weight excluding hydrogens is 305 g/mol. The zero-order valence-corrected chi connectivity index (χ0v) is 11.0. The molecule has 0 unspecified atom stereocenters. The molecule has 0 rings (SSSR count). The van der Waals surface area contributed by atoms with Crippen LogP contribution in [-0.2, 0) is 35.3 Å². The number of rotatable bonds is 0. The van der Waals surface area contributed by atoms with Crippen molar-refractivity contribution >= 4 is 38.7 Å². The molecule has 0 amide bonds. The van der Waals surface area contributed by atoms with Gasteiger partial charge in [-0.25, -0.2) is 0 Å². The van der Waals surface area contributed by atoms with Gasteiger partial charge in [-0.05, 0) is 0 Å². The molecule has 0 fully saturated rings. The molecule has 0 atom stereocenters. The Bertz CT molecular complexity index is 129. The van der Waals surface area contributed by atoms with Gasteiger partial charge in [0, 0.05) is 0 Å². The fourth-order valence-electron chi connectivity index (χ4n) is 0. The van der Waals surface area contributed by atoms with Crippen molar-refractivity contribution in [1.29, 1.82) is 0 Å². The summed E-state index contributed by atoms with van der Waals surface area (Å²) in [6.45, 7) is 0. The van der Waals surface area contributed by atoms with Gasteiger partial charge < -0.3 is 38.5 Å². The summed E-state index contributed by atoms with van der Waals surface area (Å²) in [6, 6.07) is 0. The van der Waals surface area contributed by atoms with E-state index < -0.39 is 15.6 Å². The van der Waals surface area contributed by atoms with Gasteiger partial charge in [0.25, 0.3) is 0 Å². The van der Waals surface area contributed by atoms with Crippen LogP contribution < -0.4 is 29.4 Å². The number of hydrogen-bond donors (Lipinski definition) is 0. The normalized spacial score (nSPS) is 9.83. The Morgan fingerprint density at radius 1 is 0.667 bits per heavy atom. The Morgan fingerprint density at radius 3 is 0.667 bits per heavy atom. The molecular formula is MgO8P2Zr. The molecule has 64 valence electrons. The van der Waals surface area contributed by atoms with E-state index in [1.165, 1.54) is 0 Å². The van der Waals surface area contributed by atoms with Gasteiger partial charge in [0.2, 0.25) is 0 Å². The van der Waals surface area contributed by atoms with Gasteiger partial charge >= 0.3 is 49.3 Å². The third-order valence-electron chi connectivity index (χ3n) is 0. The average Bonchev–Trinajstić information content (AvgIpc) is 1.12. The molecule has 0 aromatic heterocycles. The van der Waals surface area contributed by atoms with Crippen molar-refractivity contribution in [2.45, 2.75) is 0 Å². The van der Waals surface area contributed by atoms with Crippen LogP contribution in [0.1, 0.15) is 0 Å². The van der Waals surface area contributed by atoms with Gasteiger partial charge in [-0.15, -0.1) is 0 Å². The summed E-state index contributed by atoms with van der Waals surface area (Å²) < 4.78 is 17.1. The van der Waals surface area contributed by atoms with Gasteiger partial charge in [0.15, 0.2) is 0 Å². The van der Waals surface area contributed by atoms with Gasteiger partial charge in [-0.2, -0.15) is 15.6 Å². The molecule has 0 heterocycles. The molecule has 0 aliphatic carbocycles. The maximum atomic E-state index is 8.55. The SMILES string of the molecule is O=P([O-])([O-])[O-].O=P([O-])([O-])[O-].[Mg+2].[Zr+4]. The van der Waals surface area contributed by atoms with Crippen molar-refractivity contribution in [3.63, 3.8) is 0 Å². The first-order chi connectivity index (χ1) is 4.00.